The third-order valence-electron chi connectivity index (χ3n) is 7.00. The number of hydrogen-bond donors (Lipinski definition) is 1. The Morgan fingerprint density at radius 3 is 2.09 bits per heavy atom. The predicted octanol–water partition coefficient (Wildman–Crippen LogP) is 4.96. The summed E-state index contributed by atoms with van der Waals surface area (Å²) in [4.78, 5) is 27.5. The number of aryl methyl sites for hydroxylation is 1. The number of carboxylic acid groups (broad SMARTS) is 1. The van der Waals surface area contributed by atoms with E-state index in [-0.39, 0.29) is 5.91 Å². The first-order valence-corrected chi connectivity index (χ1v) is 12.1. The molecular formula is C27H34N2O4. The van der Waals surface area contributed by atoms with Gasteiger partial charge in [-0.15, -0.1) is 0 Å². The number of hydrogen-bond acceptors (Lipinski definition) is 4. The van der Waals surface area contributed by atoms with Gasteiger partial charge >= 0.3 is 6.16 Å². The Hall–Kier alpha value is -2.86. The van der Waals surface area contributed by atoms with Gasteiger partial charge < -0.3 is 19.6 Å². The van der Waals surface area contributed by atoms with Gasteiger partial charge in [0.25, 0.3) is 0 Å². The second-order valence-electron chi connectivity index (χ2n) is 9.24. The Kier molecular flexibility index (Phi) is 7.65. The molecule has 0 radical (unpaired) electrons. The van der Waals surface area contributed by atoms with Gasteiger partial charge in [0.1, 0.15) is 0 Å². The fourth-order valence-corrected chi connectivity index (χ4v) is 4.98. The molecule has 2 aromatic rings. The molecule has 0 aliphatic carbocycles. The third kappa shape index (κ3) is 6.14. The van der Waals surface area contributed by atoms with Crippen LogP contribution in [0.1, 0.15) is 50.2 Å². The SMILES string of the molecule is C[C@@H]1CCCN1CCc1ccc(-c2ccc(CCC(=O)N3CCC[C@@H]3OC(=O)O)cc2)cc1. The van der Waals surface area contributed by atoms with Gasteiger partial charge in [0, 0.05) is 32.0 Å². The summed E-state index contributed by atoms with van der Waals surface area (Å²) in [6.45, 7) is 5.25. The van der Waals surface area contributed by atoms with Gasteiger partial charge in [0.15, 0.2) is 6.23 Å². The van der Waals surface area contributed by atoms with Crippen molar-refractivity contribution < 1.29 is 19.4 Å². The largest absolute Gasteiger partial charge is 0.507 e. The smallest absolute Gasteiger partial charge is 0.450 e. The summed E-state index contributed by atoms with van der Waals surface area (Å²) in [5, 5.41) is 8.84. The van der Waals surface area contributed by atoms with Crippen LogP contribution in [-0.2, 0) is 22.4 Å². The van der Waals surface area contributed by atoms with Crippen molar-refractivity contribution in [3.05, 3.63) is 59.7 Å². The molecule has 0 bridgehead atoms. The standard InChI is InChI=1S/C27H34N2O4/c1-20-4-2-17-28(20)19-16-22-8-13-24(14-9-22)23-11-6-21(7-12-23)10-15-25(30)29-18-3-5-26(29)33-27(31)32/h6-9,11-14,20,26H,2-5,10,15-19H2,1H3,(H,31,32)/t20-,26+/m1/s1. The lowest BCUT2D eigenvalue weighted by molar-refractivity contribution is -0.138. The van der Waals surface area contributed by atoms with Gasteiger partial charge in [-0.1, -0.05) is 48.5 Å². The molecule has 0 spiro atoms. The van der Waals surface area contributed by atoms with E-state index in [1.807, 2.05) is 0 Å². The summed E-state index contributed by atoms with van der Waals surface area (Å²) in [6, 6.07) is 17.9. The van der Waals surface area contributed by atoms with Gasteiger partial charge in [-0.3, -0.25) is 4.79 Å². The Balaban J connectivity index is 1.27. The number of carbonyl (C=O) groups excluding carboxylic acids is 1. The van der Waals surface area contributed by atoms with Crippen molar-refractivity contribution in [2.24, 2.45) is 0 Å². The highest BCUT2D eigenvalue weighted by atomic mass is 16.7. The van der Waals surface area contributed by atoms with Crippen LogP contribution in [0.4, 0.5) is 4.79 Å². The second-order valence-corrected chi connectivity index (χ2v) is 9.24. The first-order valence-electron chi connectivity index (χ1n) is 12.1. The van der Waals surface area contributed by atoms with Crippen LogP contribution in [0.3, 0.4) is 0 Å². The second kappa shape index (κ2) is 10.8. The van der Waals surface area contributed by atoms with Crippen LogP contribution in [0.2, 0.25) is 0 Å². The van der Waals surface area contributed by atoms with Crippen LogP contribution in [0, 0.1) is 0 Å². The van der Waals surface area contributed by atoms with E-state index in [1.54, 1.807) is 4.90 Å². The van der Waals surface area contributed by atoms with Crippen molar-refractivity contribution in [1.29, 1.82) is 0 Å². The molecule has 2 aliphatic heterocycles. The van der Waals surface area contributed by atoms with Gasteiger partial charge in [-0.25, -0.2) is 4.79 Å². The van der Waals surface area contributed by atoms with E-state index in [4.69, 9.17) is 9.84 Å². The zero-order valence-corrected chi connectivity index (χ0v) is 19.4. The van der Waals surface area contributed by atoms with Crippen molar-refractivity contribution in [2.45, 2.75) is 64.1 Å². The Morgan fingerprint density at radius 1 is 0.909 bits per heavy atom. The molecule has 6 nitrogen and oxygen atoms in total. The van der Waals surface area contributed by atoms with E-state index in [9.17, 15) is 9.59 Å². The average molecular weight is 451 g/mol. The van der Waals surface area contributed by atoms with Gasteiger partial charge in [-0.05, 0) is 67.8 Å². The molecule has 2 fully saturated rings. The Labute approximate surface area is 196 Å². The molecule has 0 aromatic heterocycles. The van der Waals surface area contributed by atoms with Crippen molar-refractivity contribution >= 4 is 12.1 Å². The minimum absolute atomic E-state index is 0.0539. The van der Waals surface area contributed by atoms with E-state index >= 15 is 0 Å². The number of benzene rings is 2. The van der Waals surface area contributed by atoms with Crippen LogP contribution < -0.4 is 0 Å². The maximum absolute atomic E-state index is 12.5. The highest BCUT2D eigenvalue weighted by Gasteiger charge is 2.31. The topological polar surface area (TPSA) is 70.1 Å². The third-order valence-corrected chi connectivity index (χ3v) is 7.00. The molecule has 176 valence electrons. The lowest BCUT2D eigenvalue weighted by Crippen LogP contribution is -2.38. The fourth-order valence-electron chi connectivity index (χ4n) is 4.98. The molecule has 2 atom stereocenters. The van der Waals surface area contributed by atoms with Crippen molar-refractivity contribution in [3.8, 4) is 11.1 Å². The van der Waals surface area contributed by atoms with Gasteiger partial charge in [-0.2, -0.15) is 0 Å². The molecule has 4 rings (SSSR count). The van der Waals surface area contributed by atoms with E-state index in [0.29, 0.717) is 31.8 Å². The van der Waals surface area contributed by atoms with Crippen LogP contribution >= 0.6 is 0 Å². The first-order chi connectivity index (χ1) is 16.0. The molecule has 2 aromatic carbocycles. The number of nitrogens with zero attached hydrogens (tertiary/aromatic N) is 2. The summed E-state index contributed by atoms with van der Waals surface area (Å²) in [5.74, 6) is -0.0539. The number of carbonyl (C=O) groups is 2. The normalized spacial score (nSPS) is 20.8. The molecule has 0 saturated carbocycles. The van der Waals surface area contributed by atoms with Crippen LogP contribution in [0.25, 0.3) is 11.1 Å². The zero-order valence-electron chi connectivity index (χ0n) is 19.4. The fraction of sp³-hybridized carbons (Fsp3) is 0.481. The lowest BCUT2D eigenvalue weighted by atomic mass is 10.00. The van der Waals surface area contributed by atoms with E-state index in [1.165, 1.54) is 36.1 Å². The van der Waals surface area contributed by atoms with Crippen LogP contribution in [0.15, 0.2) is 48.5 Å². The highest BCUT2D eigenvalue weighted by molar-refractivity contribution is 5.77. The molecule has 2 saturated heterocycles. The maximum Gasteiger partial charge on any atom is 0.507 e. The van der Waals surface area contributed by atoms with Crippen molar-refractivity contribution in [3.63, 3.8) is 0 Å². The van der Waals surface area contributed by atoms with Gasteiger partial charge in [0.2, 0.25) is 5.91 Å². The maximum atomic E-state index is 12.5. The molecule has 2 aliphatic rings. The quantitative estimate of drug-likeness (QED) is 0.576. The Bertz CT molecular complexity index is 942. The number of amides is 1. The predicted molar refractivity (Wildman–Crippen MR) is 128 cm³/mol. The first kappa shape index (κ1) is 23.3. The zero-order chi connectivity index (χ0) is 23.2. The number of ether oxygens (including phenoxy) is 1. The minimum Gasteiger partial charge on any atom is -0.450 e. The molecule has 2 heterocycles. The minimum atomic E-state index is -1.33. The molecule has 0 unspecified atom stereocenters. The van der Waals surface area contributed by atoms with Crippen LogP contribution in [0.5, 0.6) is 0 Å². The van der Waals surface area contributed by atoms with Crippen molar-refractivity contribution in [2.75, 3.05) is 19.6 Å². The molecule has 6 heteroatoms. The highest BCUT2D eigenvalue weighted by Crippen LogP contribution is 2.23. The molecule has 33 heavy (non-hydrogen) atoms. The molecule has 1 amide bonds. The molecule has 1 N–H and O–H groups in total. The van der Waals surface area contributed by atoms with E-state index in [0.717, 1.165) is 24.9 Å². The average Bonchev–Trinajstić information content (AvgIpc) is 3.45. The van der Waals surface area contributed by atoms with E-state index in [2.05, 4.69) is 60.4 Å². The summed E-state index contributed by atoms with van der Waals surface area (Å²) in [6.07, 6.45) is 4.09. The monoisotopic (exact) mass is 450 g/mol. The van der Waals surface area contributed by atoms with E-state index < -0.39 is 12.4 Å². The summed E-state index contributed by atoms with van der Waals surface area (Å²) < 4.78 is 4.84. The summed E-state index contributed by atoms with van der Waals surface area (Å²) >= 11 is 0. The summed E-state index contributed by atoms with van der Waals surface area (Å²) in [7, 11) is 0. The van der Waals surface area contributed by atoms with Crippen molar-refractivity contribution in [1.82, 2.24) is 9.80 Å². The summed E-state index contributed by atoms with van der Waals surface area (Å²) in [5.41, 5.74) is 4.83. The number of rotatable bonds is 8. The molecular weight excluding hydrogens is 416 g/mol. The Morgan fingerprint density at radius 2 is 1.52 bits per heavy atom. The van der Waals surface area contributed by atoms with Crippen LogP contribution in [-0.4, -0.2) is 58.9 Å². The lowest BCUT2D eigenvalue weighted by Gasteiger charge is -2.23. The van der Waals surface area contributed by atoms with Gasteiger partial charge in [0.05, 0.1) is 0 Å². The number of likely N-dealkylation sites (tertiary alicyclic amines) is 2.